The largest absolute Gasteiger partial charge is 0.375 e. The van der Waals surface area contributed by atoms with Gasteiger partial charge in [-0.1, -0.05) is 41.7 Å². The van der Waals surface area contributed by atoms with Gasteiger partial charge in [-0.15, -0.1) is 0 Å². The molecule has 0 aliphatic carbocycles. The minimum atomic E-state index is -3.55. The Hall–Kier alpha value is -1.44. The van der Waals surface area contributed by atoms with Gasteiger partial charge in [-0.3, -0.25) is 0 Å². The lowest BCUT2D eigenvalue weighted by Gasteiger charge is -2.13. The van der Waals surface area contributed by atoms with Gasteiger partial charge in [0.25, 0.3) is 10.0 Å². The number of benzene rings is 1. The Morgan fingerprint density at radius 1 is 1.33 bits per heavy atom. The molecule has 0 saturated carbocycles. The van der Waals surface area contributed by atoms with Crippen LogP contribution in [0.4, 0.5) is 5.13 Å². The van der Waals surface area contributed by atoms with Gasteiger partial charge >= 0.3 is 0 Å². The minimum absolute atomic E-state index is 0.155. The Balaban J connectivity index is 1.98. The maximum Gasteiger partial charge on any atom is 0.252 e. The molecular formula is C14H19N3O2S2. The van der Waals surface area contributed by atoms with Crippen LogP contribution in [0.3, 0.4) is 0 Å². The lowest BCUT2D eigenvalue weighted by molar-refractivity contribution is 0.548. The zero-order valence-corrected chi connectivity index (χ0v) is 13.7. The average molecular weight is 325 g/mol. The molecule has 1 aromatic carbocycles. The van der Waals surface area contributed by atoms with Crippen molar-refractivity contribution in [1.29, 1.82) is 0 Å². The highest BCUT2D eigenvalue weighted by molar-refractivity contribution is 7.91. The first-order chi connectivity index (χ1) is 9.88. The van der Waals surface area contributed by atoms with Gasteiger partial charge in [-0.25, -0.2) is 18.1 Å². The highest BCUT2D eigenvalue weighted by atomic mass is 32.2. The van der Waals surface area contributed by atoms with Crippen molar-refractivity contribution in [3.8, 4) is 0 Å². The summed E-state index contributed by atoms with van der Waals surface area (Å²) >= 11 is 0.994. The van der Waals surface area contributed by atoms with Crippen LogP contribution in [-0.2, 0) is 16.4 Å². The molecule has 3 N–H and O–H groups in total. The third kappa shape index (κ3) is 4.26. The number of rotatable bonds is 6. The summed E-state index contributed by atoms with van der Waals surface area (Å²) in [6.45, 7) is 3.51. The van der Waals surface area contributed by atoms with Crippen molar-refractivity contribution in [2.45, 2.75) is 36.9 Å². The maximum atomic E-state index is 12.3. The Kier molecular flexibility index (Phi) is 4.97. The molecule has 7 heteroatoms. The first-order valence-electron chi connectivity index (χ1n) is 6.67. The monoisotopic (exact) mass is 325 g/mol. The summed E-state index contributed by atoms with van der Waals surface area (Å²) in [4.78, 5) is 3.96. The fourth-order valence-corrected chi connectivity index (χ4v) is 4.65. The molecule has 2 rings (SSSR count). The van der Waals surface area contributed by atoms with Crippen LogP contribution < -0.4 is 10.5 Å². The smallest absolute Gasteiger partial charge is 0.252 e. The van der Waals surface area contributed by atoms with Crippen molar-refractivity contribution in [2.75, 3.05) is 5.73 Å². The van der Waals surface area contributed by atoms with E-state index in [9.17, 15) is 8.42 Å². The Morgan fingerprint density at radius 2 is 2.00 bits per heavy atom. The molecule has 0 radical (unpaired) electrons. The number of nitrogen functional groups attached to an aromatic ring is 1. The molecule has 0 amide bonds. The number of sulfonamides is 1. The van der Waals surface area contributed by atoms with Gasteiger partial charge in [-0.2, -0.15) is 0 Å². The van der Waals surface area contributed by atoms with E-state index in [0.717, 1.165) is 24.2 Å². The maximum absolute atomic E-state index is 12.3. The Morgan fingerprint density at radius 3 is 2.57 bits per heavy atom. The standard InChI is InChI=1S/C14H19N3O2S2/c1-10(8-9-12-6-4-3-5-7-12)17-21(18,19)13-11(2)16-14(15)20-13/h3-7,10,17H,8-9H2,1-2H3,(H2,15,16). The Bertz CT molecular complexity index is 696. The van der Waals surface area contributed by atoms with Crippen LogP contribution in [0.1, 0.15) is 24.6 Å². The Labute approximate surface area is 129 Å². The van der Waals surface area contributed by atoms with Gasteiger partial charge in [0, 0.05) is 6.04 Å². The molecule has 0 fully saturated rings. The summed E-state index contributed by atoms with van der Waals surface area (Å²) in [5.41, 5.74) is 7.20. The van der Waals surface area contributed by atoms with Gasteiger partial charge in [0.1, 0.15) is 0 Å². The second-order valence-electron chi connectivity index (χ2n) is 4.97. The highest BCUT2D eigenvalue weighted by Crippen LogP contribution is 2.25. The van der Waals surface area contributed by atoms with Crippen molar-refractivity contribution < 1.29 is 8.42 Å². The number of hydrogen-bond donors (Lipinski definition) is 2. The number of anilines is 1. The van der Waals surface area contributed by atoms with Crippen LogP contribution in [0.5, 0.6) is 0 Å². The molecule has 1 heterocycles. The van der Waals surface area contributed by atoms with Crippen molar-refractivity contribution in [3.63, 3.8) is 0 Å². The van der Waals surface area contributed by atoms with E-state index in [1.165, 1.54) is 5.56 Å². The SMILES string of the molecule is Cc1nc(N)sc1S(=O)(=O)NC(C)CCc1ccccc1. The zero-order chi connectivity index (χ0) is 15.5. The first kappa shape index (κ1) is 15.9. The topological polar surface area (TPSA) is 85.1 Å². The number of nitrogens with two attached hydrogens (primary N) is 1. The van der Waals surface area contributed by atoms with Gasteiger partial charge in [0.05, 0.1) is 5.69 Å². The molecule has 0 aliphatic rings. The summed E-state index contributed by atoms with van der Waals surface area (Å²) in [5.74, 6) is 0. The van der Waals surface area contributed by atoms with Gasteiger partial charge in [-0.05, 0) is 32.3 Å². The van der Waals surface area contributed by atoms with Gasteiger partial charge in [0.2, 0.25) is 0 Å². The second-order valence-corrected chi connectivity index (χ2v) is 7.91. The quantitative estimate of drug-likeness (QED) is 0.853. The zero-order valence-electron chi connectivity index (χ0n) is 12.0. The number of thiazole rings is 1. The van der Waals surface area contributed by atoms with E-state index in [0.29, 0.717) is 5.69 Å². The fraction of sp³-hybridized carbons (Fsp3) is 0.357. The molecule has 0 spiro atoms. The number of nitrogens with one attached hydrogen (secondary N) is 1. The predicted molar refractivity (Wildman–Crippen MR) is 85.8 cm³/mol. The second kappa shape index (κ2) is 6.55. The van der Waals surface area contributed by atoms with E-state index in [1.807, 2.05) is 37.3 Å². The van der Waals surface area contributed by atoms with Gasteiger partial charge in [0.15, 0.2) is 9.34 Å². The highest BCUT2D eigenvalue weighted by Gasteiger charge is 2.23. The van der Waals surface area contributed by atoms with Crippen LogP contribution in [0.15, 0.2) is 34.5 Å². The number of aryl methyl sites for hydroxylation is 2. The molecule has 1 aromatic heterocycles. The third-order valence-corrected chi connectivity index (χ3v) is 6.27. The molecule has 0 saturated heterocycles. The van der Waals surface area contributed by atoms with Crippen LogP contribution >= 0.6 is 11.3 Å². The molecule has 1 atom stereocenters. The number of aromatic nitrogens is 1. The lowest BCUT2D eigenvalue weighted by Crippen LogP contribution is -2.32. The van der Waals surface area contributed by atoms with Gasteiger partial charge < -0.3 is 5.73 Å². The molecule has 0 bridgehead atoms. The summed E-state index contributed by atoms with van der Waals surface area (Å²) in [5, 5.41) is 0.268. The summed E-state index contributed by atoms with van der Waals surface area (Å²) in [6, 6.07) is 9.84. The molecule has 2 aromatic rings. The van der Waals surface area contributed by atoms with E-state index in [2.05, 4.69) is 9.71 Å². The molecule has 114 valence electrons. The van der Waals surface area contributed by atoms with E-state index < -0.39 is 10.0 Å². The van der Waals surface area contributed by atoms with Crippen LogP contribution in [0.2, 0.25) is 0 Å². The van der Waals surface area contributed by atoms with Crippen molar-refractivity contribution >= 4 is 26.5 Å². The molecule has 21 heavy (non-hydrogen) atoms. The van der Waals surface area contributed by atoms with Crippen molar-refractivity contribution in [1.82, 2.24) is 9.71 Å². The first-order valence-corrected chi connectivity index (χ1v) is 8.97. The average Bonchev–Trinajstić information content (AvgIpc) is 2.77. The fourth-order valence-electron chi connectivity index (χ4n) is 2.06. The van der Waals surface area contributed by atoms with E-state index in [-0.39, 0.29) is 15.4 Å². The molecule has 5 nitrogen and oxygen atoms in total. The van der Waals surface area contributed by atoms with Crippen LogP contribution in [0.25, 0.3) is 0 Å². The van der Waals surface area contributed by atoms with E-state index in [4.69, 9.17) is 5.73 Å². The summed E-state index contributed by atoms with van der Waals surface area (Å²) in [7, 11) is -3.55. The van der Waals surface area contributed by atoms with Crippen LogP contribution in [0, 0.1) is 6.92 Å². The minimum Gasteiger partial charge on any atom is -0.375 e. The van der Waals surface area contributed by atoms with Crippen molar-refractivity contribution in [3.05, 3.63) is 41.6 Å². The molecular weight excluding hydrogens is 306 g/mol. The number of hydrogen-bond acceptors (Lipinski definition) is 5. The summed E-state index contributed by atoms with van der Waals surface area (Å²) in [6.07, 6.45) is 1.56. The predicted octanol–water partition coefficient (Wildman–Crippen LogP) is 2.33. The van der Waals surface area contributed by atoms with Crippen LogP contribution in [-0.4, -0.2) is 19.4 Å². The molecule has 1 unspecified atom stereocenters. The number of nitrogens with zero attached hydrogens (tertiary/aromatic N) is 1. The lowest BCUT2D eigenvalue weighted by atomic mass is 10.1. The van der Waals surface area contributed by atoms with E-state index >= 15 is 0 Å². The third-order valence-electron chi connectivity index (χ3n) is 3.08. The van der Waals surface area contributed by atoms with Crippen molar-refractivity contribution in [2.24, 2.45) is 0 Å². The van der Waals surface area contributed by atoms with E-state index in [1.54, 1.807) is 6.92 Å². The molecule has 0 aliphatic heterocycles. The normalized spacial score (nSPS) is 13.2. The summed E-state index contributed by atoms with van der Waals surface area (Å²) < 4.78 is 27.5.